The topological polar surface area (TPSA) is 47.5 Å². The van der Waals surface area contributed by atoms with Crippen molar-refractivity contribution in [2.75, 3.05) is 56.0 Å². The Kier molecular flexibility index (Phi) is 4.71. The largest absolute Gasteiger partial charge is 0.367 e. The van der Waals surface area contributed by atoms with Gasteiger partial charge in [-0.2, -0.15) is 4.98 Å². The van der Waals surface area contributed by atoms with Crippen molar-refractivity contribution in [1.82, 2.24) is 19.8 Å². The maximum atomic E-state index is 4.99. The fourth-order valence-electron chi connectivity index (χ4n) is 4.54. The maximum absolute atomic E-state index is 4.99. The standard InChI is InChI=1S/C20H32N6/c1-2-9-24(8-1)13-14-25-12-7-18-17(15-25)19(21-16-5-6-16)23-20(22-18)26-10-3-4-11-26/h16H,1-15H2,(H,21,22,23). The number of hydrogen-bond acceptors (Lipinski definition) is 6. The molecule has 142 valence electrons. The van der Waals surface area contributed by atoms with Crippen molar-refractivity contribution >= 4 is 11.8 Å². The maximum Gasteiger partial charge on any atom is 0.227 e. The van der Waals surface area contributed by atoms with E-state index in [-0.39, 0.29) is 0 Å². The van der Waals surface area contributed by atoms with Crippen LogP contribution in [0.2, 0.25) is 0 Å². The summed E-state index contributed by atoms with van der Waals surface area (Å²) < 4.78 is 0. The van der Waals surface area contributed by atoms with Crippen LogP contribution in [0, 0.1) is 0 Å². The summed E-state index contributed by atoms with van der Waals surface area (Å²) in [5.74, 6) is 2.10. The molecule has 0 unspecified atom stereocenters. The normalized spacial score (nSPS) is 24.2. The van der Waals surface area contributed by atoms with Crippen LogP contribution in [0.4, 0.5) is 11.8 Å². The molecule has 1 N–H and O–H groups in total. The number of nitrogens with zero attached hydrogens (tertiary/aromatic N) is 5. The van der Waals surface area contributed by atoms with Gasteiger partial charge < -0.3 is 15.1 Å². The second-order valence-corrected chi connectivity index (χ2v) is 8.49. The van der Waals surface area contributed by atoms with Crippen molar-refractivity contribution in [2.24, 2.45) is 0 Å². The minimum Gasteiger partial charge on any atom is -0.367 e. The fraction of sp³-hybridized carbons (Fsp3) is 0.800. The molecule has 3 aliphatic heterocycles. The lowest BCUT2D eigenvalue weighted by molar-refractivity contribution is 0.210. The van der Waals surface area contributed by atoms with Gasteiger partial charge in [0, 0.05) is 57.3 Å². The highest BCUT2D eigenvalue weighted by Crippen LogP contribution is 2.31. The Bertz CT molecular complexity index is 631. The van der Waals surface area contributed by atoms with Gasteiger partial charge in [0.15, 0.2) is 0 Å². The number of rotatable bonds is 6. The zero-order chi connectivity index (χ0) is 17.3. The molecule has 6 nitrogen and oxygen atoms in total. The summed E-state index contributed by atoms with van der Waals surface area (Å²) >= 11 is 0. The van der Waals surface area contributed by atoms with Gasteiger partial charge in [0.2, 0.25) is 5.95 Å². The fourth-order valence-corrected chi connectivity index (χ4v) is 4.54. The lowest BCUT2D eigenvalue weighted by Crippen LogP contribution is -2.38. The molecule has 3 fully saturated rings. The van der Waals surface area contributed by atoms with Gasteiger partial charge in [-0.3, -0.25) is 4.90 Å². The molecule has 5 rings (SSSR count). The molecule has 1 aliphatic carbocycles. The van der Waals surface area contributed by atoms with Crippen molar-refractivity contribution in [3.05, 3.63) is 11.3 Å². The first kappa shape index (κ1) is 16.8. The zero-order valence-electron chi connectivity index (χ0n) is 15.9. The first-order valence-corrected chi connectivity index (χ1v) is 10.7. The predicted octanol–water partition coefficient (Wildman–Crippen LogP) is 2.10. The average molecular weight is 357 g/mol. The number of hydrogen-bond donors (Lipinski definition) is 1. The molecule has 4 heterocycles. The number of fused-ring (bicyclic) bond motifs is 1. The van der Waals surface area contributed by atoms with Gasteiger partial charge >= 0.3 is 0 Å². The van der Waals surface area contributed by atoms with E-state index in [0.29, 0.717) is 6.04 Å². The molecule has 2 saturated heterocycles. The van der Waals surface area contributed by atoms with Crippen LogP contribution in [0.25, 0.3) is 0 Å². The molecule has 0 aromatic carbocycles. The molecular formula is C20H32N6. The third kappa shape index (κ3) is 3.67. The van der Waals surface area contributed by atoms with Gasteiger partial charge in [-0.15, -0.1) is 0 Å². The Morgan fingerprint density at radius 3 is 2.35 bits per heavy atom. The van der Waals surface area contributed by atoms with E-state index in [4.69, 9.17) is 9.97 Å². The molecule has 26 heavy (non-hydrogen) atoms. The first-order valence-electron chi connectivity index (χ1n) is 10.7. The minimum absolute atomic E-state index is 0.639. The van der Waals surface area contributed by atoms with E-state index in [1.165, 1.54) is 76.0 Å². The molecular weight excluding hydrogens is 324 g/mol. The molecule has 6 heteroatoms. The van der Waals surface area contributed by atoms with E-state index in [1.807, 2.05) is 0 Å². The third-order valence-electron chi connectivity index (χ3n) is 6.37. The summed E-state index contributed by atoms with van der Waals surface area (Å²) in [5.41, 5.74) is 2.66. The Labute approximate surface area is 157 Å². The number of nitrogens with one attached hydrogen (secondary N) is 1. The van der Waals surface area contributed by atoms with E-state index in [2.05, 4.69) is 20.0 Å². The van der Waals surface area contributed by atoms with E-state index >= 15 is 0 Å². The van der Waals surface area contributed by atoms with Crippen molar-refractivity contribution in [3.63, 3.8) is 0 Å². The summed E-state index contributed by atoms with van der Waals surface area (Å²) in [7, 11) is 0. The summed E-state index contributed by atoms with van der Waals surface area (Å²) in [6.07, 6.45) is 8.95. The quantitative estimate of drug-likeness (QED) is 0.842. The van der Waals surface area contributed by atoms with Crippen LogP contribution in [0.3, 0.4) is 0 Å². The minimum atomic E-state index is 0.639. The Morgan fingerprint density at radius 1 is 0.846 bits per heavy atom. The Morgan fingerprint density at radius 2 is 1.58 bits per heavy atom. The van der Waals surface area contributed by atoms with E-state index in [1.54, 1.807) is 0 Å². The van der Waals surface area contributed by atoms with Crippen LogP contribution in [0.15, 0.2) is 0 Å². The molecule has 1 saturated carbocycles. The molecule has 0 bridgehead atoms. The molecule has 1 aromatic rings. The van der Waals surface area contributed by atoms with Crippen LogP contribution in [0.1, 0.15) is 49.8 Å². The average Bonchev–Trinajstić information content (AvgIpc) is 3.14. The van der Waals surface area contributed by atoms with Gasteiger partial charge in [0.1, 0.15) is 5.82 Å². The van der Waals surface area contributed by atoms with Gasteiger partial charge in [-0.1, -0.05) is 0 Å². The van der Waals surface area contributed by atoms with Gasteiger partial charge in [-0.25, -0.2) is 4.98 Å². The van der Waals surface area contributed by atoms with Gasteiger partial charge in [0.25, 0.3) is 0 Å². The van der Waals surface area contributed by atoms with Crippen LogP contribution >= 0.6 is 0 Å². The van der Waals surface area contributed by atoms with E-state index in [9.17, 15) is 0 Å². The SMILES string of the molecule is C1CCN(CCN2CCc3nc(N4CCCC4)nc(NC4CC4)c3C2)C1. The molecule has 4 aliphatic rings. The molecule has 0 amide bonds. The van der Waals surface area contributed by atoms with Gasteiger partial charge in [0.05, 0.1) is 5.69 Å². The van der Waals surface area contributed by atoms with Crippen LogP contribution in [-0.2, 0) is 13.0 Å². The molecule has 0 radical (unpaired) electrons. The Hall–Kier alpha value is -1.40. The highest BCUT2D eigenvalue weighted by molar-refractivity contribution is 5.53. The van der Waals surface area contributed by atoms with Crippen LogP contribution in [-0.4, -0.2) is 71.6 Å². The van der Waals surface area contributed by atoms with Crippen molar-refractivity contribution in [1.29, 1.82) is 0 Å². The second kappa shape index (κ2) is 7.31. The summed E-state index contributed by atoms with van der Waals surface area (Å²) in [4.78, 5) is 17.6. The zero-order valence-corrected chi connectivity index (χ0v) is 15.9. The van der Waals surface area contributed by atoms with Crippen LogP contribution in [0.5, 0.6) is 0 Å². The van der Waals surface area contributed by atoms with E-state index < -0.39 is 0 Å². The molecule has 0 spiro atoms. The smallest absolute Gasteiger partial charge is 0.227 e. The van der Waals surface area contributed by atoms with Crippen molar-refractivity contribution in [3.8, 4) is 0 Å². The van der Waals surface area contributed by atoms with Gasteiger partial charge in [-0.05, 0) is 51.6 Å². The van der Waals surface area contributed by atoms with Crippen molar-refractivity contribution in [2.45, 2.75) is 57.5 Å². The number of likely N-dealkylation sites (tertiary alicyclic amines) is 1. The van der Waals surface area contributed by atoms with Crippen molar-refractivity contribution < 1.29 is 0 Å². The summed E-state index contributed by atoms with van der Waals surface area (Å²) in [5, 5.41) is 3.71. The van der Waals surface area contributed by atoms with Crippen LogP contribution < -0.4 is 10.2 Å². The molecule has 0 atom stereocenters. The second-order valence-electron chi connectivity index (χ2n) is 8.49. The highest BCUT2D eigenvalue weighted by Gasteiger charge is 2.29. The first-order chi connectivity index (χ1) is 12.8. The lowest BCUT2D eigenvalue weighted by Gasteiger charge is -2.31. The van der Waals surface area contributed by atoms with E-state index in [0.717, 1.165) is 44.4 Å². The third-order valence-corrected chi connectivity index (χ3v) is 6.37. The number of anilines is 2. The summed E-state index contributed by atoms with van der Waals surface area (Å²) in [6.45, 7) is 9.36. The highest BCUT2D eigenvalue weighted by atomic mass is 15.3. The molecule has 1 aromatic heterocycles. The Balaban J connectivity index is 1.32. The predicted molar refractivity (Wildman–Crippen MR) is 105 cm³/mol. The lowest BCUT2D eigenvalue weighted by atomic mass is 10.1. The number of aromatic nitrogens is 2. The monoisotopic (exact) mass is 356 g/mol. The summed E-state index contributed by atoms with van der Waals surface area (Å²) in [6, 6.07) is 0.639.